The smallest absolute Gasteiger partial charge is 0.336 e. The van der Waals surface area contributed by atoms with Crippen LogP contribution in [0.5, 0.6) is 11.5 Å². The summed E-state index contributed by atoms with van der Waals surface area (Å²) in [5.74, 6) is -2.01. The second kappa shape index (κ2) is 9.06. The number of phenolic OH excluding ortho intramolecular Hbond substituents is 2. The minimum Gasteiger partial charge on any atom is -0.508 e. The van der Waals surface area contributed by atoms with E-state index in [9.17, 15) is 19.8 Å². The molecule has 2 rings (SSSR count). The van der Waals surface area contributed by atoms with Crippen molar-refractivity contribution >= 4 is 11.8 Å². The lowest BCUT2D eigenvalue weighted by Crippen LogP contribution is -2.27. The first-order valence-electron chi connectivity index (χ1n) is 9.39. The zero-order valence-corrected chi connectivity index (χ0v) is 16.8. The highest BCUT2D eigenvalue weighted by Crippen LogP contribution is 2.42. The highest BCUT2D eigenvalue weighted by molar-refractivity contribution is 5.91. The molecule has 0 saturated carbocycles. The normalized spacial score (nSPS) is 19.7. The summed E-state index contributed by atoms with van der Waals surface area (Å²) in [6, 6.07) is 3.96. The lowest BCUT2D eigenvalue weighted by molar-refractivity contribution is -0.193. The van der Waals surface area contributed by atoms with Gasteiger partial charge < -0.3 is 19.7 Å². The predicted octanol–water partition coefficient (Wildman–Crippen LogP) is 4.11. The van der Waals surface area contributed by atoms with Crippen LogP contribution < -0.4 is 0 Å². The summed E-state index contributed by atoms with van der Waals surface area (Å²) in [6.07, 6.45) is 5.84. The molecule has 0 bridgehead atoms. The van der Waals surface area contributed by atoms with E-state index in [0.29, 0.717) is 31.3 Å². The molecule has 0 saturated heterocycles. The molecular weight excluding hydrogens is 360 g/mol. The molecule has 1 unspecified atom stereocenters. The van der Waals surface area contributed by atoms with E-state index in [1.165, 1.54) is 31.4 Å². The molecule has 0 aliphatic carbocycles. The summed E-state index contributed by atoms with van der Waals surface area (Å²) in [5, 5.41) is 19.8. The second-order valence-corrected chi connectivity index (χ2v) is 7.34. The number of hydrogen-bond donors (Lipinski definition) is 2. The first-order valence-corrected chi connectivity index (χ1v) is 9.39. The van der Waals surface area contributed by atoms with Gasteiger partial charge in [0.2, 0.25) is 0 Å². The quantitative estimate of drug-likeness (QED) is 0.376. The standard InChI is InChI=1S/C22H28O6/c1-14(2)19(24)10-8-15(3)6-5-7-16-13-22(27-4,28-21(16)26)18-12-17(23)9-11-20(18)25/h6,9,11-14,23,25H,5,7-8,10H2,1-4H3. The molecule has 1 aliphatic rings. The second-order valence-electron chi connectivity index (χ2n) is 7.34. The van der Waals surface area contributed by atoms with Crippen LogP contribution in [0.25, 0.3) is 0 Å². The highest BCUT2D eigenvalue weighted by atomic mass is 16.7. The molecule has 0 aromatic heterocycles. The molecule has 0 fully saturated rings. The van der Waals surface area contributed by atoms with Gasteiger partial charge in [-0.1, -0.05) is 25.5 Å². The summed E-state index contributed by atoms with van der Waals surface area (Å²) >= 11 is 0. The van der Waals surface area contributed by atoms with E-state index < -0.39 is 11.8 Å². The molecule has 1 heterocycles. The number of aromatic hydroxyl groups is 2. The Morgan fingerprint density at radius 3 is 2.64 bits per heavy atom. The maximum Gasteiger partial charge on any atom is 0.336 e. The fourth-order valence-electron chi connectivity index (χ4n) is 3.03. The van der Waals surface area contributed by atoms with Crippen LogP contribution in [0, 0.1) is 5.92 Å². The van der Waals surface area contributed by atoms with Crippen molar-refractivity contribution in [2.24, 2.45) is 5.92 Å². The summed E-state index contributed by atoms with van der Waals surface area (Å²) in [5.41, 5.74) is 1.70. The molecule has 1 atom stereocenters. The zero-order chi connectivity index (χ0) is 20.9. The average Bonchev–Trinajstić information content (AvgIpc) is 2.98. The SMILES string of the molecule is COC1(c2cc(O)ccc2O)C=C(CCC=C(C)CCC(=O)C(C)C)C(=O)O1. The zero-order valence-electron chi connectivity index (χ0n) is 16.8. The first kappa shape index (κ1) is 21.7. The Morgan fingerprint density at radius 1 is 1.29 bits per heavy atom. The number of carbonyl (C=O) groups is 2. The van der Waals surface area contributed by atoms with Gasteiger partial charge in [0.05, 0.1) is 5.56 Å². The summed E-state index contributed by atoms with van der Waals surface area (Å²) in [4.78, 5) is 24.0. The fraction of sp³-hybridized carbons (Fsp3) is 0.455. The third-order valence-electron chi connectivity index (χ3n) is 4.85. The first-order chi connectivity index (χ1) is 13.2. The van der Waals surface area contributed by atoms with E-state index in [2.05, 4.69) is 0 Å². The van der Waals surface area contributed by atoms with Crippen LogP contribution in [0.3, 0.4) is 0 Å². The number of carbonyl (C=O) groups excluding carboxylic acids is 2. The molecule has 1 aromatic rings. The van der Waals surface area contributed by atoms with Gasteiger partial charge in [0, 0.05) is 31.1 Å². The molecule has 6 heteroatoms. The van der Waals surface area contributed by atoms with Gasteiger partial charge in [-0.3, -0.25) is 4.79 Å². The number of ketones is 1. The van der Waals surface area contributed by atoms with E-state index >= 15 is 0 Å². The molecule has 0 radical (unpaired) electrons. The number of esters is 1. The molecule has 1 aromatic carbocycles. The molecule has 6 nitrogen and oxygen atoms in total. The van der Waals surface area contributed by atoms with Crippen LogP contribution >= 0.6 is 0 Å². The maximum atomic E-state index is 12.3. The number of Topliss-reactive ketones (excluding diaryl/α,β-unsaturated/α-hetero) is 1. The number of cyclic esters (lactones) is 1. The minimum atomic E-state index is -1.56. The summed E-state index contributed by atoms with van der Waals surface area (Å²) < 4.78 is 10.8. The van der Waals surface area contributed by atoms with Gasteiger partial charge in [0.1, 0.15) is 17.3 Å². The summed E-state index contributed by atoms with van der Waals surface area (Å²) in [6.45, 7) is 5.76. The van der Waals surface area contributed by atoms with Gasteiger partial charge in [0.15, 0.2) is 0 Å². The Hall–Kier alpha value is -2.60. The van der Waals surface area contributed by atoms with Gasteiger partial charge >= 0.3 is 5.97 Å². The van der Waals surface area contributed by atoms with Crippen molar-refractivity contribution in [3.63, 3.8) is 0 Å². The number of rotatable bonds is 9. The van der Waals surface area contributed by atoms with Crippen LogP contribution in [0.1, 0.15) is 52.0 Å². The Labute approximate surface area is 165 Å². The summed E-state index contributed by atoms with van der Waals surface area (Å²) in [7, 11) is 1.37. The number of phenols is 2. The van der Waals surface area contributed by atoms with Gasteiger partial charge in [-0.25, -0.2) is 4.79 Å². The monoisotopic (exact) mass is 388 g/mol. The van der Waals surface area contributed by atoms with Gasteiger partial charge in [0.25, 0.3) is 5.79 Å². The van der Waals surface area contributed by atoms with E-state index in [0.717, 1.165) is 5.57 Å². The number of allylic oxidation sites excluding steroid dienone is 2. The van der Waals surface area contributed by atoms with Crippen molar-refractivity contribution in [3.8, 4) is 11.5 Å². The lowest BCUT2D eigenvalue weighted by Gasteiger charge is -2.25. The Balaban J connectivity index is 2.07. The predicted molar refractivity (Wildman–Crippen MR) is 105 cm³/mol. The number of benzene rings is 1. The van der Waals surface area contributed by atoms with Crippen molar-refractivity contribution in [2.75, 3.05) is 7.11 Å². The Bertz CT molecular complexity index is 805. The van der Waals surface area contributed by atoms with E-state index in [4.69, 9.17) is 9.47 Å². The Morgan fingerprint density at radius 2 is 2.00 bits per heavy atom. The van der Waals surface area contributed by atoms with E-state index in [1.54, 1.807) is 0 Å². The average molecular weight is 388 g/mol. The van der Waals surface area contributed by atoms with Crippen molar-refractivity contribution in [1.29, 1.82) is 0 Å². The fourth-order valence-corrected chi connectivity index (χ4v) is 3.03. The van der Waals surface area contributed by atoms with Gasteiger partial charge in [-0.15, -0.1) is 0 Å². The lowest BCUT2D eigenvalue weighted by atomic mass is 9.99. The van der Waals surface area contributed by atoms with Crippen LogP contribution in [0.15, 0.2) is 41.5 Å². The molecular formula is C22H28O6. The number of hydrogen-bond acceptors (Lipinski definition) is 6. The molecule has 2 N–H and O–H groups in total. The molecule has 0 spiro atoms. The third kappa shape index (κ3) is 5.01. The van der Waals surface area contributed by atoms with E-state index in [-0.39, 0.29) is 28.8 Å². The van der Waals surface area contributed by atoms with Crippen molar-refractivity contribution in [3.05, 3.63) is 47.1 Å². The van der Waals surface area contributed by atoms with Crippen LogP contribution in [0.2, 0.25) is 0 Å². The molecule has 1 aliphatic heterocycles. The van der Waals surface area contributed by atoms with E-state index in [1.807, 2.05) is 26.8 Å². The van der Waals surface area contributed by atoms with Gasteiger partial charge in [-0.2, -0.15) is 0 Å². The number of methoxy groups -OCH3 is 1. The Kier molecular flexibility index (Phi) is 7.02. The minimum absolute atomic E-state index is 0.0437. The van der Waals surface area contributed by atoms with Crippen LogP contribution in [-0.4, -0.2) is 29.1 Å². The largest absolute Gasteiger partial charge is 0.508 e. The third-order valence-corrected chi connectivity index (χ3v) is 4.85. The highest BCUT2D eigenvalue weighted by Gasteiger charge is 2.43. The van der Waals surface area contributed by atoms with Crippen LogP contribution in [0.4, 0.5) is 0 Å². The van der Waals surface area contributed by atoms with Crippen molar-refractivity contribution in [2.45, 2.75) is 52.2 Å². The number of ether oxygens (including phenoxy) is 2. The van der Waals surface area contributed by atoms with Crippen LogP contribution in [-0.2, 0) is 24.8 Å². The topological polar surface area (TPSA) is 93.1 Å². The molecule has 0 amide bonds. The van der Waals surface area contributed by atoms with Crippen molar-refractivity contribution < 1.29 is 29.3 Å². The van der Waals surface area contributed by atoms with Crippen molar-refractivity contribution in [1.82, 2.24) is 0 Å². The van der Waals surface area contributed by atoms with Gasteiger partial charge in [-0.05, 0) is 44.4 Å². The maximum absolute atomic E-state index is 12.3. The molecule has 152 valence electrons. The molecule has 28 heavy (non-hydrogen) atoms.